The lowest BCUT2D eigenvalue weighted by Gasteiger charge is -2.27. The lowest BCUT2D eigenvalue weighted by Crippen LogP contribution is -2.29. The molecule has 2 aromatic carbocycles. The minimum Gasteiger partial charge on any atom is -0.459 e. The molecule has 1 aliphatic rings. The van der Waals surface area contributed by atoms with Crippen molar-refractivity contribution in [3.05, 3.63) is 71.8 Å². The van der Waals surface area contributed by atoms with Crippen molar-refractivity contribution < 1.29 is 19.0 Å². The summed E-state index contributed by atoms with van der Waals surface area (Å²) in [5.74, 6) is -1.09. The van der Waals surface area contributed by atoms with Gasteiger partial charge in [-0.05, 0) is 18.5 Å². The van der Waals surface area contributed by atoms with Gasteiger partial charge in [0.15, 0.2) is 5.79 Å². The highest BCUT2D eigenvalue weighted by Gasteiger charge is 2.41. The Bertz CT molecular complexity index is 647. The fourth-order valence-electron chi connectivity index (χ4n) is 2.71. The number of ether oxygens (including phenoxy) is 3. The smallest absolute Gasteiger partial charge is 0.338 e. The number of hydrogen-bond acceptors (Lipinski definition) is 4. The van der Waals surface area contributed by atoms with E-state index in [4.69, 9.17) is 14.2 Å². The Morgan fingerprint density at radius 1 is 1.13 bits per heavy atom. The maximum absolute atomic E-state index is 12.0. The Hall–Kier alpha value is -2.11. The first-order valence-corrected chi connectivity index (χ1v) is 7.83. The van der Waals surface area contributed by atoms with Gasteiger partial charge in [-0.25, -0.2) is 4.79 Å². The van der Waals surface area contributed by atoms with E-state index in [0.717, 1.165) is 5.56 Å². The first-order valence-electron chi connectivity index (χ1n) is 7.83. The Labute approximate surface area is 136 Å². The summed E-state index contributed by atoms with van der Waals surface area (Å²) in [4.78, 5) is 12.0. The fourth-order valence-corrected chi connectivity index (χ4v) is 2.71. The van der Waals surface area contributed by atoms with Gasteiger partial charge in [-0.2, -0.15) is 0 Å². The molecule has 0 spiro atoms. The van der Waals surface area contributed by atoms with Crippen LogP contribution in [0.4, 0.5) is 0 Å². The van der Waals surface area contributed by atoms with Crippen molar-refractivity contribution in [3.8, 4) is 0 Å². The topological polar surface area (TPSA) is 44.8 Å². The van der Waals surface area contributed by atoms with Crippen molar-refractivity contribution in [1.29, 1.82) is 0 Å². The first-order chi connectivity index (χ1) is 11.2. The molecule has 2 aromatic rings. The lowest BCUT2D eigenvalue weighted by molar-refractivity contribution is -0.164. The zero-order valence-corrected chi connectivity index (χ0v) is 13.1. The molecule has 4 nitrogen and oxygen atoms in total. The molecule has 0 bridgehead atoms. The Morgan fingerprint density at radius 3 is 2.43 bits per heavy atom. The third-order valence-corrected chi connectivity index (χ3v) is 3.95. The third kappa shape index (κ3) is 3.46. The highest BCUT2D eigenvalue weighted by molar-refractivity contribution is 6.09. The van der Waals surface area contributed by atoms with Crippen LogP contribution in [0.15, 0.2) is 60.7 Å². The van der Waals surface area contributed by atoms with Crippen molar-refractivity contribution in [2.45, 2.75) is 18.2 Å². The molecule has 0 saturated carbocycles. The van der Waals surface area contributed by atoms with E-state index in [9.17, 15) is 4.79 Å². The highest BCUT2D eigenvalue weighted by Crippen LogP contribution is 2.37. The fraction of sp³-hybridized carbons (Fsp3) is 0.278. The number of esters is 1. The molecule has 1 aliphatic heterocycles. The number of benzene rings is 2. The van der Waals surface area contributed by atoms with Crippen LogP contribution in [0.2, 0.25) is 6.32 Å². The van der Waals surface area contributed by atoms with Crippen molar-refractivity contribution in [2.24, 2.45) is 0 Å². The molecule has 118 valence electrons. The van der Waals surface area contributed by atoms with Crippen molar-refractivity contribution in [2.75, 3.05) is 13.2 Å². The van der Waals surface area contributed by atoms with E-state index in [2.05, 4.69) is 0 Å². The summed E-state index contributed by atoms with van der Waals surface area (Å²) in [6.07, 6.45) is 0.433. The Kier molecular flexibility index (Phi) is 4.79. The van der Waals surface area contributed by atoms with E-state index in [1.54, 1.807) is 12.1 Å². The van der Waals surface area contributed by atoms with E-state index in [1.165, 1.54) is 0 Å². The van der Waals surface area contributed by atoms with E-state index in [1.807, 2.05) is 56.4 Å². The van der Waals surface area contributed by atoms with E-state index in [0.29, 0.717) is 18.5 Å². The van der Waals surface area contributed by atoms with Gasteiger partial charge in [-0.15, -0.1) is 0 Å². The molecule has 0 N–H and O–H groups in total. The van der Waals surface area contributed by atoms with Crippen LogP contribution in [-0.2, 0) is 20.0 Å². The molecule has 5 heteroatoms. The molecule has 2 atom stereocenters. The van der Waals surface area contributed by atoms with Gasteiger partial charge in [-0.3, -0.25) is 0 Å². The number of rotatable bonds is 5. The van der Waals surface area contributed by atoms with Crippen LogP contribution in [0.5, 0.6) is 0 Å². The summed E-state index contributed by atoms with van der Waals surface area (Å²) < 4.78 is 17.3. The second-order valence-corrected chi connectivity index (χ2v) is 5.49. The summed E-state index contributed by atoms with van der Waals surface area (Å²) in [7, 11) is 2.02. The minimum absolute atomic E-state index is 0.183. The summed E-state index contributed by atoms with van der Waals surface area (Å²) in [5, 5.41) is 0. The average Bonchev–Trinajstić information content (AvgIpc) is 3.06. The Morgan fingerprint density at radius 2 is 1.78 bits per heavy atom. The van der Waals surface area contributed by atoms with Crippen LogP contribution in [-0.4, -0.2) is 33.1 Å². The van der Waals surface area contributed by atoms with E-state index >= 15 is 0 Å². The predicted octanol–water partition coefficient (Wildman–Crippen LogP) is 2.16. The average molecular weight is 310 g/mol. The van der Waals surface area contributed by atoms with Gasteiger partial charge in [0.1, 0.15) is 20.6 Å². The molecule has 0 aromatic heterocycles. The summed E-state index contributed by atoms with van der Waals surface area (Å²) >= 11 is 0. The maximum Gasteiger partial charge on any atom is 0.338 e. The van der Waals surface area contributed by atoms with Crippen LogP contribution in [0.25, 0.3) is 0 Å². The van der Waals surface area contributed by atoms with E-state index < -0.39 is 5.79 Å². The monoisotopic (exact) mass is 310 g/mol. The molecule has 1 fully saturated rings. The number of carbonyl (C=O) groups is 1. The molecular formula is C18H19BO4. The Balaban J connectivity index is 1.60. The van der Waals surface area contributed by atoms with Crippen LogP contribution in [0, 0.1) is 0 Å². The van der Waals surface area contributed by atoms with Crippen LogP contribution >= 0.6 is 0 Å². The largest absolute Gasteiger partial charge is 0.459 e. The van der Waals surface area contributed by atoms with Gasteiger partial charge in [-0.1, -0.05) is 48.5 Å². The molecule has 1 heterocycles. The van der Waals surface area contributed by atoms with Crippen molar-refractivity contribution in [1.82, 2.24) is 0 Å². The summed E-state index contributed by atoms with van der Waals surface area (Å²) in [6, 6.07) is 18.8. The normalized spacial score (nSPS) is 23.6. The molecule has 3 rings (SSSR count). The first kappa shape index (κ1) is 15.8. The predicted molar refractivity (Wildman–Crippen MR) is 89.0 cm³/mol. The number of hydrogen-bond donors (Lipinski definition) is 0. The molecular weight excluding hydrogens is 291 g/mol. The molecule has 23 heavy (non-hydrogen) atoms. The van der Waals surface area contributed by atoms with Gasteiger partial charge in [0, 0.05) is 5.56 Å². The molecule has 1 saturated heterocycles. The van der Waals surface area contributed by atoms with Gasteiger partial charge >= 0.3 is 5.97 Å². The summed E-state index contributed by atoms with van der Waals surface area (Å²) in [6.45, 7) is 0.590. The molecule has 0 amide bonds. The molecule has 0 radical (unpaired) electrons. The van der Waals surface area contributed by atoms with Gasteiger partial charge in [0.2, 0.25) is 0 Å². The van der Waals surface area contributed by atoms with Crippen molar-refractivity contribution in [3.63, 3.8) is 0 Å². The second-order valence-electron chi connectivity index (χ2n) is 5.49. The zero-order valence-electron chi connectivity index (χ0n) is 13.1. The SMILES string of the molecule is BC[C@@]1(c2ccccc2)OC[C@@H](COC(=O)c2ccccc2)O1. The van der Waals surface area contributed by atoms with Gasteiger partial charge in [0.25, 0.3) is 0 Å². The van der Waals surface area contributed by atoms with Gasteiger partial charge in [0.05, 0.1) is 12.2 Å². The minimum atomic E-state index is -0.745. The zero-order chi connectivity index (χ0) is 16.1. The highest BCUT2D eigenvalue weighted by atomic mass is 16.8. The quantitative estimate of drug-likeness (QED) is 0.627. The van der Waals surface area contributed by atoms with Crippen LogP contribution in [0.1, 0.15) is 15.9 Å². The summed E-state index contributed by atoms with van der Waals surface area (Å²) in [5.41, 5.74) is 1.52. The van der Waals surface area contributed by atoms with Gasteiger partial charge < -0.3 is 14.2 Å². The number of carbonyl (C=O) groups excluding carboxylic acids is 1. The van der Waals surface area contributed by atoms with Crippen molar-refractivity contribution >= 4 is 13.8 Å². The standard InChI is InChI=1S/C18H19BO4/c19-13-18(15-9-5-2-6-10-15)22-12-16(23-18)11-21-17(20)14-7-3-1-4-8-14/h1-10,16H,11-13,19H2/t16-,18-/m1/s1. The third-order valence-electron chi connectivity index (χ3n) is 3.95. The maximum atomic E-state index is 12.0. The molecule has 0 unspecified atom stereocenters. The second kappa shape index (κ2) is 6.98. The molecule has 0 aliphatic carbocycles. The van der Waals surface area contributed by atoms with Crippen LogP contribution in [0.3, 0.4) is 0 Å². The lowest BCUT2D eigenvalue weighted by atomic mass is 9.90. The van der Waals surface area contributed by atoms with Crippen LogP contribution < -0.4 is 0 Å². The van der Waals surface area contributed by atoms with E-state index in [-0.39, 0.29) is 18.7 Å².